The zero-order valence-corrected chi connectivity index (χ0v) is 9.40. The van der Waals surface area contributed by atoms with E-state index in [2.05, 4.69) is 37.4 Å². The van der Waals surface area contributed by atoms with Crippen LogP contribution in [-0.4, -0.2) is 25.5 Å². The second-order valence-electron chi connectivity index (χ2n) is 3.63. The molecule has 0 saturated carbocycles. The first-order chi connectivity index (χ1) is 6.11. The average Bonchev–Trinajstić information content (AvgIpc) is 2.47. The molecule has 0 fully saturated rings. The van der Waals surface area contributed by atoms with Crippen molar-refractivity contribution in [3.8, 4) is 0 Å². The number of nitrogens with zero attached hydrogens (tertiary/aromatic N) is 1. The maximum absolute atomic E-state index is 6.07. The first kappa shape index (κ1) is 10.7. The van der Waals surface area contributed by atoms with Crippen LogP contribution in [0.25, 0.3) is 0 Å². The summed E-state index contributed by atoms with van der Waals surface area (Å²) in [6, 6.07) is 2.34. The van der Waals surface area contributed by atoms with Crippen molar-refractivity contribution in [3.05, 3.63) is 21.9 Å². The average molecular weight is 198 g/mol. The SMILES string of the molecule is Cc1sccc1C(N)CCN(C)C. The van der Waals surface area contributed by atoms with Crippen LogP contribution in [0, 0.1) is 6.92 Å². The third-order valence-corrected chi connectivity index (χ3v) is 3.05. The molecule has 1 aromatic heterocycles. The van der Waals surface area contributed by atoms with Gasteiger partial charge in [-0.15, -0.1) is 11.3 Å². The van der Waals surface area contributed by atoms with Gasteiger partial charge in [0.05, 0.1) is 0 Å². The fraction of sp³-hybridized carbons (Fsp3) is 0.600. The number of hydrogen-bond donors (Lipinski definition) is 1. The van der Waals surface area contributed by atoms with E-state index in [0.29, 0.717) is 0 Å². The van der Waals surface area contributed by atoms with E-state index in [9.17, 15) is 0 Å². The summed E-state index contributed by atoms with van der Waals surface area (Å²) in [5, 5.41) is 2.11. The van der Waals surface area contributed by atoms with E-state index in [1.54, 1.807) is 11.3 Å². The van der Waals surface area contributed by atoms with Crippen molar-refractivity contribution in [2.24, 2.45) is 5.73 Å². The predicted molar refractivity (Wildman–Crippen MR) is 59.2 cm³/mol. The van der Waals surface area contributed by atoms with Crippen molar-refractivity contribution in [2.75, 3.05) is 20.6 Å². The maximum Gasteiger partial charge on any atom is 0.0318 e. The Morgan fingerprint density at radius 3 is 2.69 bits per heavy atom. The summed E-state index contributed by atoms with van der Waals surface area (Å²) in [6.07, 6.45) is 1.03. The highest BCUT2D eigenvalue weighted by molar-refractivity contribution is 7.10. The van der Waals surface area contributed by atoms with Gasteiger partial charge in [-0.2, -0.15) is 0 Å². The van der Waals surface area contributed by atoms with E-state index < -0.39 is 0 Å². The van der Waals surface area contributed by atoms with Gasteiger partial charge in [-0.05, 0) is 51.0 Å². The van der Waals surface area contributed by atoms with Gasteiger partial charge in [-0.1, -0.05) is 0 Å². The number of rotatable bonds is 4. The summed E-state index contributed by atoms with van der Waals surface area (Å²) in [5.74, 6) is 0. The molecule has 1 aromatic rings. The van der Waals surface area contributed by atoms with Gasteiger partial charge in [0, 0.05) is 10.9 Å². The lowest BCUT2D eigenvalue weighted by Crippen LogP contribution is -2.20. The molecule has 2 N–H and O–H groups in total. The molecular weight excluding hydrogens is 180 g/mol. The Morgan fingerprint density at radius 2 is 2.23 bits per heavy atom. The van der Waals surface area contributed by atoms with Gasteiger partial charge in [0.15, 0.2) is 0 Å². The van der Waals surface area contributed by atoms with Crippen LogP contribution < -0.4 is 5.73 Å². The second-order valence-corrected chi connectivity index (χ2v) is 4.75. The van der Waals surface area contributed by atoms with Crippen molar-refractivity contribution < 1.29 is 0 Å². The van der Waals surface area contributed by atoms with Crippen LogP contribution in [0.2, 0.25) is 0 Å². The normalized spacial score (nSPS) is 13.6. The topological polar surface area (TPSA) is 29.3 Å². The Labute approximate surface area is 84.4 Å². The molecule has 0 saturated heterocycles. The standard InChI is InChI=1S/C10H18N2S/c1-8-9(5-7-13-8)10(11)4-6-12(2)3/h5,7,10H,4,6,11H2,1-3H3. The molecule has 0 bridgehead atoms. The Balaban J connectivity index is 2.49. The molecule has 0 amide bonds. The van der Waals surface area contributed by atoms with Gasteiger partial charge >= 0.3 is 0 Å². The summed E-state index contributed by atoms with van der Waals surface area (Å²) in [5.41, 5.74) is 7.38. The van der Waals surface area contributed by atoms with Crippen LogP contribution in [0.15, 0.2) is 11.4 Å². The van der Waals surface area contributed by atoms with Gasteiger partial charge in [0.25, 0.3) is 0 Å². The number of thiophene rings is 1. The Morgan fingerprint density at radius 1 is 1.54 bits per heavy atom. The van der Waals surface area contributed by atoms with E-state index in [1.807, 2.05) is 0 Å². The predicted octanol–water partition coefficient (Wildman–Crippen LogP) is 2.01. The minimum atomic E-state index is 0.202. The molecule has 0 aromatic carbocycles. The Hall–Kier alpha value is -0.380. The third-order valence-electron chi connectivity index (χ3n) is 2.19. The fourth-order valence-corrected chi connectivity index (χ4v) is 2.11. The zero-order valence-electron chi connectivity index (χ0n) is 8.58. The minimum absolute atomic E-state index is 0.202. The molecule has 1 rings (SSSR count). The Kier molecular flexibility index (Phi) is 3.90. The summed E-state index contributed by atoms with van der Waals surface area (Å²) >= 11 is 1.77. The van der Waals surface area contributed by atoms with E-state index in [-0.39, 0.29) is 6.04 Å². The molecule has 0 aliphatic carbocycles. The van der Waals surface area contributed by atoms with Gasteiger partial charge in [-0.25, -0.2) is 0 Å². The first-order valence-electron chi connectivity index (χ1n) is 4.55. The van der Waals surface area contributed by atoms with Crippen LogP contribution in [0.5, 0.6) is 0 Å². The minimum Gasteiger partial charge on any atom is -0.324 e. The fourth-order valence-electron chi connectivity index (χ4n) is 1.33. The molecular formula is C10H18N2S. The highest BCUT2D eigenvalue weighted by atomic mass is 32.1. The van der Waals surface area contributed by atoms with Crippen LogP contribution in [-0.2, 0) is 0 Å². The van der Waals surface area contributed by atoms with Crippen LogP contribution >= 0.6 is 11.3 Å². The van der Waals surface area contributed by atoms with Crippen molar-refractivity contribution in [2.45, 2.75) is 19.4 Å². The van der Waals surface area contributed by atoms with Crippen LogP contribution in [0.3, 0.4) is 0 Å². The smallest absolute Gasteiger partial charge is 0.0318 e. The van der Waals surface area contributed by atoms with Crippen molar-refractivity contribution in [3.63, 3.8) is 0 Å². The van der Waals surface area contributed by atoms with E-state index in [1.165, 1.54) is 10.4 Å². The Bertz CT molecular complexity index is 255. The maximum atomic E-state index is 6.07. The molecule has 2 nitrogen and oxygen atoms in total. The molecule has 74 valence electrons. The number of aryl methyl sites for hydroxylation is 1. The first-order valence-corrected chi connectivity index (χ1v) is 5.43. The van der Waals surface area contributed by atoms with Crippen LogP contribution in [0.1, 0.15) is 22.9 Å². The third kappa shape index (κ3) is 3.10. The van der Waals surface area contributed by atoms with Gasteiger partial charge < -0.3 is 10.6 Å². The highest BCUT2D eigenvalue weighted by Crippen LogP contribution is 2.22. The molecule has 0 radical (unpaired) electrons. The van der Waals surface area contributed by atoms with Gasteiger partial charge in [0.1, 0.15) is 0 Å². The molecule has 0 aliphatic heterocycles. The lowest BCUT2D eigenvalue weighted by atomic mass is 10.1. The lowest BCUT2D eigenvalue weighted by molar-refractivity contribution is 0.382. The largest absolute Gasteiger partial charge is 0.324 e. The summed E-state index contributed by atoms with van der Waals surface area (Å²) in [7, 11) is 4.15. The number of hydrogen-bond acceptors (Lipinski definition) is 3. The molecule has 1 heterocycles. The van der Waals surface area contributed by atoms with Crippen LogP contribution in [0.4, 0.5) is 0 Å². The summed E-state index contributed by atoms with van der Waals surface area (Å²) in [6.45, 7) is 3.19. The van der Waals surface area contributed by atoms with Gasteiger partial charge in [-0.3, -0.25) is 0 Å². The quantitative estimate of drug-likeness (QED) is 0.802. The zero-order chi connectivity index (χ0) is 9.84. The molecule has 0 spiro atoms. The van der Waals surface area contributed by atoms with Crippen molar-refractivity contribution >= 4 is 11.3 Å². The molecule has 0 aliphatic rings. The van der Waals surface area contributed by atoms with E-state index >= 15 is 0 Å². The van der Waals surface area contributed by atoms with Crippen molar-refractivity contribution in [1.82, 2.24) is 4.90 Å². The van der Waals surface area contributed by atoms with E-state index in [0.717, 1.165) is 13.0 Å². The number of nitrogens with two attached hydrogens (primary N) is 1. The van der Waals surface area contributed by atoms with Gasteiger partial charge in [0.2, 0.25) is 0 Å². The second kappa shape index (κ2) is 4.74. The monoisotopic (exact) mass is 198 g/mol. The summed E-state index contributed by atoms with van der Waals surface area (Å²) in [4.78, 5) is 3.52. The molecule has 1 atom stereocenters. The lowest BCUT2D eigenvalue weighted by Gasteiger charge is -2.15. The molecule has 3 heteroatoms. The van der Waals surface area contributed by atoms with Crippen molar-refractivity contribution in [1.29, 1.82) is 0 Å². The van der Waals surface area contributed by atoms with E-state index in [4.69, 9.17) is 5.73 Å². The molecule has 1 unspecified atom stereocenters. The highest BCUT2D eigenvalue weighted by Gasteiger charge is 2.09. The summed E-state index contributed by atoms with van der Waals surface area (Å²) < 4.78 is 0. The molecule has 13 heavy (non-hydrogen) atoms.